The SMILES string of the molecule is C=C(C)Cn1c(SCC(=O)Nc2cc(C)ccc2O)nc2sc3c(c2c1=O)CCCC3. The summed E-state index contributed by atoms with van der Waals surface area (Å²) in [5.74, 6) is -0.175. The average Bonchev–Trinajstić information content (AvgIpc) is 3.10. The van der Waals surface area contributed by atoms with Crippen LogP contribution in [-0.2, 0) is 24.2 Å². The average molecular weight is 456 g/mol. The van der Waals surface area contributed by atoms with Crippen molar-refractivity contribution in [3.8, 4) is 5.75 Å². The third kappa shape index (κ3) is 4.55. The Balaban J connectivity index is 1.63. The van der Waals surface area contributed by atoms with Gasteiger partial charge in [-0.1, -0.05) is 30.0 Å². The Morgan fingerprint density at radius 2 is 2.13 bits per heavy atom. The van der Waals surface area contributed by atoms with Crippen LogP contribution in [0.25, 0.3) is 10.2 Å². The normalized spacial score (nSPS) is 13.2. The zero-order valence-corrected chi connectivity index (χ0v) is 19.3. The molecule has 162 valence electrons. The maximum atomic E-state index is 13.4. The highest BCUT2D eigenvalue weighted by atomic mass is 32.2. The topological polar surface area (TPSA) is 84.2 Å². The Morgan fingerprint density at radius 1 is 1.35 bits per heavy atom. The number of amides is 1. The molecule has 3 aromatic rings. The Morgan fingerprint density at radius 3 is 2.90 bits per heavy atom. The molecule has 31 heavy (non-hydrogen) atoms. The summed E-state index contributed by atoms with van der Waals surface area (Å²) < 4.78 is 1.63. The first kappa shape index (κ1) is 21.6. The van der Waals surface area contributed by atoms with Gasteiger partial charge in [-0.05, 0) is 62.8 Å². The van der Waals surface area contributed by atoms with E-state index in [1.165, 1.54) is 16.6 Å². The number of hydrogen-bond donors (Lipinski definition) is 2. The van der Waals surface area contributed by atoms with Gasteiger partial charge in [0, 0.05) is 11.4 Å². The molecule has 1 aliphatic rings. The number of phenolic OH excluding ortho intramolecular Hbond substituents is 1. The number of rotatable bonds is 6. The Kier molecular flexibility index (Phi) is 6.20. The van der Waals surface area contributed by atoms with E-state index in [1.54, 1.807) is 34.1 Å². The molecule has 0 aliphatic heterocycles. The van der Waals surface area contributed by atoms with Gasteiger partial charge in [-0.25, -0.2) is 4.98 Å². The number of aryl methyl sites for hydroxylation is 3. The molecule has 2 heterocycles. The maximum Gasteiger partial charge on any atom is 0.263 e. The van der Waals surface area contributed by atoms with E-state index >= 15 is 0 Å². The van der Waals surface area contributed by atoms with Crippen LogP contribution in [0.15, 0.2) is 40.3 Å². The molecule has 0 fully saturated rings. The fraction of sp³-hybridized carbons (Fsp3) is 0.348. The van der Waals surface area contributed by atoms with Crippen molar-refractivity contribution >= 4 is 44.9 Å². The quantitative estimate of drug-likeness (QED) is 0.244. The number of hydrogen-bond acceptors (Lipinski definition) is 6. The lowest BCUT2D eigenvalue weighted by Gasteiger charge is -2.13. The van der Waals surface area contributed by atoms with Crippen molar-refractivity contribution in [3.05, 3.63) is 56.7 Å². The van der Waals surface area contributed by atoms with E-state index in [0.717, 1.165) is 52.6 Å². The fourth-order valence-electron chi connectivity index (χ4n) is 3.81. The van der Waals surface area contributed by atoms with Crippen molar-refractivity contribution in [2.45, 2.75) is 51.2 Å². The summed E-state index contributed by atoms with van der Waals surface area (Å²) in [7, 11) is 0. The second-order valence-corrected chi connectivity index (χ2v) is 10.0. The molecule has 1 aliphatic carbocycles. The summed E-state index contributed by atoms with van der Waals surface area (Å²) in [5.41, 5.74) is 3.27. The Bertz CT molecular complexity index is 1240. The number of carbonyl (C=O) groups is 1. The maximum absolute atomic E-state index is 13.4. The van der Waals surface area contributed by atoms with Gasteiger partial charge in [-0.3, -0.25) is 14.2 Å². The van der Waals surface area contributed by atoms with E-state index < -0.39 is 0 Å². The minimum Gasteiger partial charge on any atom is -0.506 e. The molecule has 1 aromatic carbocycles. The molecular weight excluding hydrogens is 430 g/mol. The van der Waals surface area contributed by atoms with Crippen LogP contribution >= 0.6 is 23.1 Å². The van der Waals surface area contributed by atoms with Crippen LogP contribution in [0, 0.1) is 6.92 Å². The molecule has 0 spiro atoms. The van der Waals surface area contributed by atoms with Crippen molar-refractivity contribution < 1.29 is 9.90 Å². The minimum absolute atomic E-state index is 0.0202. The second-order valence-electron chi connectivity index (χ2n) is 7.99. The van der Waals surface area contributed by atoms with E-state index in [2.05, 4.69) is 11.9 Å². The van der Waals surface area contributed by atoms with Gasteiger partial charge in [0.25, 0.3) is 5.56 Å². The number of fused-ring (bicyclic) bond motifs is 3. The second kappa shape index (κ2) is 8.88. The smallest absolute Gasteiger partial charge is 0.263 e. The lowest BCUT2D eigenvalue weighted by Crippen LogP contribution is -2.25. The van der Waals surface area contributed by atoms with Crippen molar-refractivity contribution in [1.29, 1.82) is 0 Å². The van der Waals surface area contributed by atoms with Crippen LogP contribution in [0.4, 0.5) is 5.69 Å². The van der Waals surface area contributed by atoms with E-state index in [4.69, 9.17) is 4.98 Å². The van der Waals surface area contributed by atoms with Crippen LogP contribution in [0.2, 0.25) is 0 Å². The summed E-state index contributed by atoms with van der Waals surface area (Å²) in [6, 6.07) is 5.04. The number of aromatic hydroxyl groups is 1. The van der Waals surface area contributed by atoms with Gasteiger partial charge < -0.3 is 10.4 Å². The Labute approximate surface area is 189 Å². The summed E-state index contributed by atoms with van der Waals surface area (Å²) >= 11 is 2.83. The zero-order chi connectivity index (χ0) is 22.1. The largest absolute Gasteiger partial charge is 0.506 e. The number of nitrogens with one attached hydrogen (secondary N) is 1. The monoisotopic (exact) mass is 455 g/mol. The molecule has 0 atom stereocenters. The summed E-state index contributed by atoms with van der Waals surface area (Å²) in [4.78, 5) is 32.7. The fourth-order valence-corrected chi connectivity index (χ4v) is 5.91. The number of benzene rings is 1. The lowest BCUT2D eigenvalue weighted by molar-refractivity contribution is -0.113. The van der Waals surface area contributed by atoms with Crippen molar-refractivity contribution in [2.24, 2.45) is 0 Å². The molecule has 0 saturated heterocycles. The highest BCUT2D eigenvalue weighted by Gasteiger charge is 2.22. The zero-order valence-electron chi connectivity index (χ0n) is 17.7. The molecule has 0 saturated carbocycles. The van der Waals surface area contributed by atoms with E-state index in [0.29, 0.717) is 17.4 Å². The van der Waals surface area contributed by atoms with Gasteiger partial charge in [0.2, 0.25) is 5.91 Å². The first-order chi connectivity index (χ1) is 14.8. The van der Waals surface area contributed by atoms with Crippen LogP contribution < -0.4 is 10.9 Å². The molecule has 4 rings (SSSR count). The predicted molar refractivity (Wildman–Crippen MR) is 128 cm³/mol. The molecule has 0 unspecified atom stereocenters. The first-order valence-corrected chi connectivity index (χ1v) is 12.1. The van der Waals surface area contributed by atoms with Crippen LogP contribution in [0.5, 0.6) is 5.75 Å². The van der Waals surface area contributed by atoms with Gasteiger partial charge in [0.15, 0.2) is 5.16 Å². The van der Waals surface area contributed by atoms with Gasteiger partial charge in [0.1, 0.15) is 10.6 Å². The molecular formula is C23H25N3O3S2. The van der Waals surface area contributed by atoms with Gasteiger partial charge in [0.05, 0.1) is 16.8 Å². The Hall–Kier alpha value is -2.58. The number of anilines is 1. The van der Waals surface area contributed by atoms with Crippen molar-refractivity contribution in [2.75, 3.05) is 11.1 Å². The molecule has 2 aromatic heterocycles. The number of nitrogens with zero attached hydrogens (tertiary/aromatic N) is 2. The van der Waals surface area contributed by atoms with Gasteiger partial charge in [-0.2, -0.15) is 0 Å². The predicted octanol–water partition coefficient (Wildman–Crippen LogP) is 4.66. The van der Waals surface area contributed by atoms with E-state index in [-0.39, 0.29) is 23.0 Å². The number of allylic oxidation sites excluding steroid dienone is 1. The van der Waals surface area contributed by atoms with E-state index in [9.17, 15) is 14.7 Å². The molecule has 1 amide bonds. The molecule has 6 nitrogen and oxygen atoms in total. The van der Waals surface area contributed by atoms with Crippen molar-refractivity contribution in [3.63, 3.8) is 0 Å². The number of carbonyl (C=O) groups excluding carboxylic acids is 1. The van der Waals surface area contributed by atoms with Crippen LogP contribution in [0.3, 0.4) is 0 Å². The number of aromatic nitrogens is 2. The number of thiophene rings is 1. The van der Waals surface area contributed by atoms with Gasteiger partial charge in [-0.15, -0.1) is 11.3 Å². The molecule has 0 bridgehead atoms. The third-order valence-corrected chi connectivity index (χ3v) is 7.39. The molecule has 2 N–H and O–H groups in total. The number of phenols is 1. The van der Waals surface area contributed by atoms with E-state index in [1.807, 2.05) is 13.8 Å². The molecule has 0 radical (unpaired) electrons. The van der Waals surface area contributed by atoms with Crippen molar-refractivity contribution in [1.82, 2.24) is 9.55 Å². The number of thioether (sulfide) groups is 1. The standard InChI is InChI=1S/C23H25N3O3S2/c1-13(2)11-26-22(29)20-15-6-4-5-7-18(15)31-21(20)25-23(26)30-12-19(28)24-16-10-14(3)8-9-17(16)27/h8-10,27H,1,4-7,11-12H2,2-3H3,(H,24,28). The lowest BCUT2D eigenvalue weighted by atomic mass is 9.97. The minimum atomic E-state index is -0.271. The van der Waals surface area contributed by atoms with Crippen LogP contribution in [-0.4, -0.2) is 26.3 Å². The summed E-state index contributed by atoms with van der Waals surface area (Å²) in [6.45, 7) is 8.09. The highest BCUT2D eigenvalue weighted by Crippen LogP contribution is 2.35. The van der Waals surface area contributed by atoms with Gasteiger partial charge >= 0.3 is 0 Å². The third-order valence-electron chi connectivity index (χ3n) is 5.23. The molecule has 8 heteroatoms. The summed E-state index contributed by atoms with van der Waals surface area (Å²) in [6.07, 6.45) is 4.17. The summed E-state index contributed by atoms with van der Waals surface area (Å²) in [5, 5.41) is 13.9. The first-order valence-electron chi connectivity index (χ1n) is 10.2. The highest BCUT2D eigenvalue weighted by molar-refractivity contribution is 7.99. The van der Waals surface area contributed by atoms with Crippen LogP contribution in [0.1, 0.15) is 35.8 Å².